The van der Waals surface area contributed by atoms with Gasteiger partial charge in [0.15, 0.2) is 0 Å². The molecule has 2 rings (SSSR count). The molecule has 1 heterocycles. The van der Waals surface area contributed by atoms with Gasteiger partial charge in [-0.15, -0.1) is 0 Å². The van der Waals surface area contributed by atoms with Crippen LogP contribution < -0.4 is 0 Å². The van der Waals surface area contributed by atoms with Crippen LogP contribution in [0.4, 0.5) is 0 Å². The van der Waals surface area contributed by atoms with Crippen molar-refractivity contribution in [2.75, 3.05) is 0 Å². The summed E-state index contributed by atoms with van der Waals surface area (Å²) in [5, 5.41) is 0. The van der Waals surface area contributed by atoms with Crippen molar-refractivity contribution >= 4 is 5.97 Å². The molecule has 0 N–H and O–H groups in total. The lowest BCUT2D eigenvalue weighted by Gasteiger charge is -2.35. The minimum atomic E-state index is 0.0566. The van der Waals surface area contributed by atoms with Crippen LogP contribution in [0.25, 0.3) is 0 Å². The maximum Gasteiger partial charge on any atom is 0.313 e. The van der Waals surface area contributed by atoms with Crippen LogP contribution >= 0.6 is 0 Å². The maximum absolute atomic E-state index is 11.8. The first-order chi connectivity index (χ1) is 14.3. The Balaban J connectivity index is 1.40. The Morgan fingerprint density at radius 2 is 1.24 bits per heavy atom. The Bertz CT molecular complexity index is 525. The molecule has 1 aromatic rings. The SMILES string of the molecule is CCCCCCCCCCCCC[C@@H]1OC(=O)[C@H]1CCCCCc1ccccc1. The molecule has 0 amide bonds. The second kappa shape index (κ2) is 15.5. The molecule has 164 valence electrons. The standard InChI is InChI=1S/C27H44O2/c1-2-3-4-5-6-7-8-9-10-11-18-23-26-25(27(28)29-26)22-17-13-16-21-24-19-14-12-15-20-24/h12,14-15,19-20,25-26H,2-11,13,16-18,21-23H2,1H3/t25-,26-/m0/s1. The molecule has 2 heteroatoms. The summed E-state index contributed by atoms with van der Waals surface area (Å²) >= 11 is 0. The van der Waals surface area contributed by atoms with Crippen LogP contribution in [-0.2, 0) is 16.0 Å². The van der Waals surface area contributed by atoms with Crippen LogP contribution in [0.15, 0.2) is 30.3 Å². The number of cyclic esters (lactones) is 1. The third-order valence-electron chi connectivity index (χ3n) is 6.43. The molecular weight excluding hydrogens is 356 g/mol. The molecule has 0 aliphatic carbocycles. The van der Waals surface area contributed by atoms with Gasteiger partial charge in [-0.2, -0.15) is 0 Å². The van der Waals surface area contributed by atoms with Crippen LogP contribution in [-0.4, -0.2) is 12.1 Å². The first-order valence-corrected chi connectivity index (χ1v) is 12.6. The third-order valence-corrected chi connectivity index (χ3v) is 6.43. The minimum absolute atomic E-state index is 0.0566. The van der Waals surface area contributed by atoms with Gasteiger partial charge in [0.25, 0.3) is 0 Å². The van der Waals surface area contributed by atoms with Gasteiger partial charge in [-0.05, 0) is 37.7 Å². The summed E-state index contributed by atoms with van der Waals surface area (Å²) in [6, 6.07) is 10.7. The van der Waals surface area contributed by atoms with Crippen molar-refractivity contribution in [3.63, 3.8) is 0 Å². The molecule has 0 saturated carbocycles. The predicted molar refractivity (Wildman–Crippen MR) is 123 cm³/mol. The van der Waals surface area contributed by atoms with Gasteiger partial charge in [0, 0.05) is 0 Å². The molecule has 1 aliphatic heterocycles. The van der Waals surface area contributed by atoms with Crippen molar-refractivity contribution in [3.05, 3.63) is 35.9 Å². The van der Waals surface area contributed by atoms with E-state index >= 15 is 0 Å². The van der Waals surface area contributed by atoms with Gasteiger partial charge >= 0.3 is 5.97 Å². The fraction of sp³-hybridized carbons (Fsp3) is 0.741. The van der Waals surface area contributed by atoms with E-state index in [1.807, 2.05) is 0 Å². The van der Waals surface area contributed by atoms with Crippen molar-refractivity contribution in [1.82, 2.24) is 0 Å². The highest BCUT2D eigenvalue weighted by Gasteiger charge is 2.40. The number of carbonyl (C=O) groups excluding carboxylic acids is 1. The Kier molecular flexibility index (Phi) is 12.8. The zero-order valence-electron chi connectivity index (χ0n) is 18.9. The van der Waals surface area contributed by atoms with Crippen molar-refractivity contribution in [1.29, 1.82) is 0 Å². The Morgan fingerprint density at radius 3 is 1.86 bits per heavy atom. The molecule has 0 spiro atoms. The lowest BCUT2D eigenvalue weighted by molar-refractivity contribution is -0.186. The monoisotopic (exact) mass is 400 g/mol. The van der Waals surface area contributed by atoms with E-state index in [9.17, 15) is 4.79 Å². The normalized spacial score (nSPS) is 18.4. The molecule has 0 radical (unpaired) electrons. The van der Waals surface area contributed by atoms with E-state index in [0.717, 1.165) is 25.7 Å². The number of rotatable bonds is 18. The number of benzene rings is 1. The number of esters is 1. The smallest absolute Gasteiger partial charge is 0.313 e. The van der Waals surface area contributed by atoms with Gasteiger partial charge in [0.1, 0.15) is 6.10 Å². The summed E-state index contributed by atoms with van der Waals surface area (Å²) in [6.07, 6.45) is 22.1. The fourth-order valence-corrected chi connectivity index (χ4v) is 4.49. The number of carbonyl (C=O) groups is 1. The lowest BCUT2D eigenvalue weighted by atomic mass is 9.87. The number of hydrogen-bond donors (Lipinski definition) is 0. The van der Waals surface area contributed by atoms with Gasteiger partial charge in [0.05, 0.1) is 5.92 Å². The topological polar surface area (TPSA) is 26.3 Å². The molecule has 0 bridgehead atoms. The van der Waals surface area contributed by atoms with Crippen LogP contribution in [0.5, 0.6) is 0 Å². The average Bonchev–Trinajstić information content (AvgIpc) is 2.74. The fourth-order valence-electron chi connectivity index (χ4n) is 4.49. The van der Waals surface area contributed by atoms with Crippen LogP contribution in [0.2, 0.25) is 0 Å². The molecule has 0 aromatic heterocycles. The molecule has 0 unspecified atom stereocenters. The largest absolute Gasteiger partial charge is 0.461 e. The van der Waals surface area contributed by atoms with Crippen molar-refractivity contribution in [2.45, 2.75) is 122 Å². The van der Waals surface area contributed by atoms with E-state index in [2.05, 4.69) is 37.3 Å². The van der Waals surface area contributed by atoms with E-state index in [0.29, 0.717) is 0 Å². The zero-order chi connectivity index (χ0) is 20.6. The molecule has 1 fully saturated rings. The van der Waals surface area contributed by atoms with E-state index in [-0.39, 0.29) is 18.0 Å². The Morgan fingerprint density at radius 1 is 0.690 bits per heavy atom. The quantitative estimate of drug-likeness (QED) is 0.184. The van der Waals surface area contributed by atoms with Gasteiger partial charge < -0.3 is 4.74 Å². The first kappa shape index (κ1) is 24.0. The van der Waals surface area contributed by atoms with E-state index in [1.165, 1.54) is 89.0 Å². The van der Waals surface area contributed by atoms with Gasteiger partial charge in [0.2, 0.25) is 0 Å². The second-order valence-corrected chi connectivity index (χ2v) is 8.99. The zero-order valence-corrected chi connectivity index (χ0v) is 18.9. The summed E-state index contributed by atoms with van der Waals surface area (Å²) in [6.45, 7) is 2.28. The first-order valence-electron chi connectivity index (χ1n) is 12.6. The molecule has 29 heavy (non-hydrogen) atoms. The number of aryl methyl sites for hydroxylation is 1. The molecule has 2 nitrogen and oxygen atoms in total. The average molecular weight is 401 g/mol. The highest BCUT2D eigenvalue weighted by atomic mass is 16.6. The summed E-state index contributed by atoms with van der Waals surface area (Å²) in [4.78, 5) is 11.8. The summed E-state index contributed by atoms with van der Waals surface area (Å²) < 4.78 is 5.43. The summed E-state index contributed by atoms with van der Waals surface area (Å²) in [5.74, 6) is 0.246. The van der Waals surface area contributed by atoms with Crippen LogP contribution in [0.3, 0.4) is 0 Å². The Hall–Kier alpha value is -1.31. The molecule has 1 aromatic carbocycles. The van der Waals surface area contributed by atoms with Crippen molar-refractivity contribution in [2.24, 2.45) is 5.92 Å². The van der Waals surface area contributed by atoms with E-state index in [1.54, 1.807) is 0 Å². The molecule has 2 atom stereocenters. The Labute approximate surface area is 179 Å². The molecular formula is C27H44O2. The van der Waals surface area contributed by atoms with Crippen LogP contribution in [0.1, 0.15) is 115 Å². The lowest BCUT2D eigenvalue weighted by Crippen LogP contribution is -2.44. The second-order valence-electron chi connectivity index (χ2n) is 8.99. The number of ether oxygens (including phenoxy) is 1. The number of unbranched alkanes of at least 4 members (excludes halogenated alkanes) is 12. The van der Waals surface area contributed by atoms with E-state index in [4.69, 9.17) is 4.74 Å². The highest BCUT2D eigenvalue weighted by Crippen LogP contribution is 2.31. The third kappa shape index (κ3) is 10.3. The van der Waals surface area contributed by atoms with Gasteiger partial charge in [-0.1, -0.05) is 114 Å². The summed E-state index contributed by atoms with van der Waals surface area (Å²) in [7, 11) is 0. The predicted octanol–water partition coefficient (Wildman–Crippen LogP) is 8.03. The highest BCUT2D eigenvalue weighted by molar-refractivity contribution is 5.78. The maximum atomic E-state index is 11.8. The molecule has 1 aliphatic rings. The molecule has 1 saturated heterocycles. The van der Waals surface area contributed by atoms with E-state index < -0.39 is 0 Å². The van der Waals surface area contributed by atoms with Gasteiger partial charge in [-0.25, -0.2) is 0 Å². The van der Waals surface area contributed by atoms with Crippen molar-refractivity contribution in [3.8, 4) is 0 Å². The summed E-state index contributed by atoms with van der Waals surface area (Å²) in [5.41, 5.74) is 1.42. The van der Waals surface area contributed by atoms with Gasteiger partial charge in [-0.3, -0.25) is 4.79 Å². The van der Waals surface area contributed by atoms with Crippen LogP contribution in [0, 0.1) is 5.92 Å². The van der Waals surface area contributed by atoms with Crippen molar-refractivity contribution < 1.29 is 9.53 Å². The number of hydrogen-bond acceptors (Lipinski definition) is 2. The minimum Gasteiger partial charge on any atom is -0.461 e.